The second-order valence-electron chi connectivity index (χ2n) is 12.6. The average Bonchev–Trinajstić information content (AvgIpc) is 3.85. The second-order valence-corrected chi connectivity index (χ2v) is 14.6. The molecule has 0 amide bonds. The van der Waals surface area contributed by atoms with Crippen molar-refractivity contribution in [2.75, 3.05) is 0 Å². The van der Waals surface area contributed by atoms with E-state index in [0.29, 0.717) is 5.95 Å². The SMILES string of the molecule is c1ccc(-c2cccc(-c3nc(-n4c5ccccc5c5ccc6c7ccc8ccccc8c7sc6c54)nc4c3sc3ccccc34)c2)cc1. The summed E-state index contributed by atoms with van der Waals surface area (Å²) in [6.07, 6.45) is 0. The van der Waals surface area contributed by atoms with Gasteiger partial charge in [0.05, 0.1) is 31.6 Å². The highest BCUT2D eigenvalue weighted by Gasteiger charge is 2.22. The van der Waals surface area contributed by atoms with Crippen molar-refractivity contribution in [3.05, 3.63) is 152 Å². The van der Waals surface area contributed by atoms with Gasteiger partial charge >= 0.3 is 0 Å². The predicted molar refractivity (Wildman–Crippen MR) is 211 cm³/mol. The van der Waals surface area contributed by atoms with Crippen molar-refractivity contribution in [3.8, 4) is 28.3 Å². The molecule has 11 rings (SSSR count). The van der Waals surface area contributed by atoms with Crippen molar-refractivity contribution in [3.63, 3.8) is 0 Å². The number of aromatic nitrogens is 3. The van der Waals surface area contributed by atoms with Crippen LogP contribution in [0.4, 0.5) is 0 Å². The third-order valence-electron chi connectivity index (χ3n) is 9.82. The lowest BCUT2D eigenvalue weighted by atomic mass is 10.0. The van der Waals surface area contributed by atoms with E-state index in [1.165, 1.54) is 57.5 Å². The van der Waals surface area contributed by atoms with Gasteiger partial charge in [-0.3, -0.25) is 4.57 Å². The minimum Gasteiger partial charge on any atom is -0.276 e. The van der Waals surface area contributed by atoms with Crippen LogP contribution in [0.25, 0.3) is 101 Å². The number of nitrogens with zero attached hydrogens (tertiary/aromatic N) is 3. The Hall–Kier alpha value is -5.88. The maximum Gasteiger partial charge on any atom is 0.235 e. The first-order chi connectivity index (χ1) is 24.3. The molecule has 4 aromatic heterocycles. The van der Waals surface area contributed by atoms with Crippen molar-refractivity contribution in [2.45, 2.75) is 0 Å². The van der Waals surface area contributed by atoms with Crippen LogP contribution in [0, 0.1) is 0 Å². The van der Waals surface area contributed by atoms with Gasteiger partial charge in [-0.25, -0.2) is 9.97 Å². The molecule has 5 heteroatoms. The van der Waals surface area contributed by atoms with Gasteiger partial charge in [0.1, 0.15) is 0 Å². The zero-order valence-corrected chi connectivity index (χ0v) is 27.7. The molecule has 0 saturated heterocycles. The molecule has 7 aromatic carbocycles. The Bertz CT molecular complexity index is 3110. The Morgan fingerprint density at radius 3 is 2.04 bits per heavy atom. The standard InChI is InChI=1S/C44H25N3S2/c1-2-11-26(12-3-1)28-14-10-15-29(25-28)38-43-39(35-18-7-9-20-37(35)48-43)46-44(45-38)47-36-19-8-6-17-31(36)32-23-24-34-33-22-21-27-13-4-5-16-30(27)41(33)49-42(34)40(32)47/h1-25H. The van der Waals surface area contributed by atoms with Crippen LogP contribution in [0.3, 0.4) is 0 Å². The minimum absolute atomic E-state index is 0.692. The molecule has 0 aliphatic rings. The number of rotatable bonds is 3. The number of benzene rings is 7. The fourth-order valence-corrected chi connectivity index (χ4v) is 10.1. The van der Waals surface area contributed by atoms with Gasteiger partial charge in [0, 0.05) is 41.9 Å². The number of hydrogen-bond acceptors (Lipinski definition) is 4. The molecule has 0 atom stereocenters. The van der Waals surface area contributed by atoms with Gasteiger partial charge in [-0.05, 0) is 40.1 Å². The Morgan fingerprint density at radius 2 is 1.12 bits per heavy atom. The third-order valence-corrected chi connectivity index (χ3v) is 12.2. The number of thiophene rings is 2. The van der Waals surface area contributed by atoms with Gasteiger partial charge in [0.25, 0.3) is 0 Å². The Kier molecular flexibility index (Phi) is 5.70. The minimum atomic E-state index is 0.692. The van der Waals surface area contributed by atoms with Crippen molar-refractivity contribution in [1.82, 2.24) is 14.5 Å². The highest BCUT2D eigenvalue weighted by Crippen LogP contribution is 2.46. The lowest BCUT2D eigenvalue weighted by molar-refractivity contribution is 1.02. The molecule has 0 radical (unpaired) electrons. The molecule has 4 heterocycles. The van der Waals surface area contributed by atoms with Crippen molar-refractivity contribution >= 4 is 95.7 Å². The normalized spacial score (nSPS) is 12.1. The summed E-state index contributed by atoms with van der Waals surface area (Å²) in [5.74, 6) is 0.692. The zero-order valence-electron chi connectivity index (χ0n) is 26.1. The van der Waals surface area contributed by atoms with E-state index in [2.05, 4.69) is 156 Å². The fourth-order valence-electron chi connectivity index (χ4n) is 7.57. The van der Waals surface area contributed by atoms with Crippen LogP contribution < -0.4 is 0 Å². The number of hydrogen-bond donors (Lipinski definition) is 0. The molecule has 49 heavy (non-hydrogen) atoms. The van der Waals surface area contributed by atoms with E-state index in [-0.39, 0.29) is 0 Å². The largest absolute Gasteiger partial charge is 0.276 e. The summed E-state index contributed by atoms with van der Waals surface area (Å²) >= 11 is 3.65. The van der Waals surface area contributed by atoms with E-state index in [4.69, 9.17) is 9.97 Å². The number of para-hydroxylation sites is 1. The summed E-state index contributed by atoms with van der Waals surface area (Å²) in [6.45, 7) is 0. The first kappa shape index (κ1) is 27.1. The van der Waals surface area contributed by atoms with Crippen LogP contribution in [-0.4, -0.2) is 14.5 Å². The lowest BCUT2D eigenvalue weighted by Gasteiger charge is -2.11. The van der Waals surface area contributed by atoms with Gasteiger partial charge in [-0.1, -0.05) is 133 Å². The molecule has 0 bridgehead atoms. The molecule has 228 valence electrons. The molecule has 0 aliphatic carbocycles. The van der Waals surface area contributed by atoms with E-state index in [1.54, 1.807) is 11.3 Å². The smallest absolute Gasteiger partial charge is 0.235 e. The summed E-state index contributed by atoms with van der Waals surface area (Å²) in [6, 6.07) is 54.5. The molecule has 3 nitrogen and oxygen atoms in total. The van der Waals surface area contributed by atoms with Crippen LogP contribution >= 0.6 is 22.7 Å². The van der Waals surface area contributed by atoms with Gasteiger partial charge in [-0.2, -0.15) is 0 Å². The van der Waals surface area contributed by atoms with Crippen molar-refractivity contribution in [1.29, 1.82) is 0 Å². The van der Waals surface area contributed by atoms with Crippen LogP contribution in [0.5, 0.6) is 0 Å². The molecular formula is C44H25N3S2. The van der Waals surface area contributed by atoms with E-state index >= 15 is 0 Å². The molecular weight excluding hydrogens is 635 g/mol. The predicted octanol–water partition coefficient (Wildman–Crippen LogP) is 12.8. The summed E-state index contributed by atoms with van der Waals surface area (Å²) in [5.41, 5.74) is 7.66. The van der Waals surface area contributed by atoms with E-state index < -0.39 is 0 Å². The average molecular weight is 660 g/mol. The van der Waals surface area contributed by atoms with Gasteiger partial charge < -0.3 is 0 Å². The number of fused-ring (bicyclic) bond motifs is 12. The summed E-state index contributed by atoms with van der Waals surface area (Å²) < 4.78 is 7.21. The quantitative estimate of drug-likeness (QED) is 0.189. The molecule has 11 aromatic rings. The summed E-state index contributed by atoms with van der Waals surface area (Å²) in [4.78, 5) is 11.0. The molecule has 0 N–H and O–H groups in total. The molecule has 0 aliphatic heterocycles. The molecule has 0 fully saturated rings. The third kappa shape index (κ3) is 3.94. The first-order valence-corrected chi connectivity index (χ1v) is 18.1. The van der Waals surface area contributed by atoms with E-state index in [0.717, 1.165) is 37.9 Å². The summed E-state index contributed by atoms with van der Waals surface area (Å²) in [7, 11) is 0. The van der Waals surface area contributed by atoms with Gasteiger partial charge in [-0.15, -0.1) is 22.7 Å². The lowest BCUT2D eigenvalue weighted by Crippen LogP contribution is -2.02. The Balaban J connectivity index is 1.27. The molecule has 0 saturated carbocycles. The fraction of sp³-hybridized carbons (Fsp3) is 0. The first-order valence-electron chi connectivity index (χ1n) is 16.4. The highest BCUT2D eigenvalue weighted by molar-refractivity contribution is 7.27. The Morgan fingerprint density at radius 1 is 0.429 bits per heavy atom. The van der Waals surface area contributed by atoms with Gasteiger partial charge in [0.2, 0.25) is 5.95 Å². The van der Waals surface area contributed by atoms with Crippen LogP contribution in [0.2, 0.25) is 0 Å². The van der Waals surface area contributed by atoms with Gasteiger partial charge in [0.15, 0.2) is 0 Å². The highest BCUT2D eigenvalue weighted by atomic mass is 32.1. The van der Waals surface area contributed by atoms with Crippen LogP contribution in [0.15, 0.2) is 152 Å². The topological polar surface area (TPSA) is 30.7 Å². The summed E-state index contributed by atoms with van der Waals surface area (Å²) in [5, 5.41) is 8.68. The van der Waals surface area contributed by atoms with E-state index in [9.17, 15) is 0 Å². The van der Waals surface area contributed by atoms with E-state index in [1.807, 2.05) is 11.3 Å². The molecule has 0 spiro atoms. The van der Waals surface area contributed by atoms with Crippen LogP contribution in [-0.2, 0) is 0 Å². The maximum atomic E-state index is 5.52. The van der Waals surface area contributed by atoms with Crippen molar-refractivity contribution < 1.29 is 0 Å². The van der Waals surface area contributed by atoms with Crippen LogP contribution in [0.1, 0.15) is 0 Å². The zero-order chi connectivity index (χ0) is 32.1. The Labute approximate surface area is 289 Å². The molecule has 0 unspecified atom stereocenters. The monoisotopic (exact) mass is 659 g/mol. The maximum absolute atomic E-state index is 5.52. The van der Waals surface area contributed by atoms with Crippen molar-refractivity contribution in [2.24, 2.45) is 0 Å². The second kappa shape index (κ2) is 10.3.